The Balaban J connectivity index is 0.000000557. The van der Waals surface area contributed by atoms with Crippen molar-refractivity contribution in [2.45, 2.75) is 41.5 Å². The third kappa shape index (κ3) is 29.5. The van der Waals surface area contributed by atoms with Gasteiger partial charge in [-0.15, -0.1) is 5.11 Å². The van der Waals surface area contributed by atoms with Crippen LogP contribution in [0.15, 0.2) is 185 Å². The van der Waals surface area contributed by atoms with Crippen LogP contribution in [0.5, 0.6) is 0 Å². The molecule has 0 atom stereocenters. The number of carbonyl (C=O) groups is 3. The van der Waals surface area contributed by atoms with Crippen molar-refractivity contribution < 1.29 is 67.7 Å². The van der Waals surface area contributed by atoms with Crippen LogP contribution in [-0.2, 0) is 35.6 Å². The molecule has 2 aliphatic rings. The minimum atomic E-state index is -6.00. The van der Waals surface area contributed by atoms with Crippen molar-refractivity contribution in [3.8, 4) is 0 Å². The first-order valence-corrected chi connectivity index (χ1v) is 26.5. The van der Waals surface area contributed by atoms with Gasteiger partial charge >= 0.3 is 38.1 Å². The minimum Gasteiger partial charge on any atom is -0.466 e. The number of diazo groups is 1. The van der Waals surface area contributed by atoms with Gasteiger partial charge in [-0.1, -0.05) is 12.2 Å². The number of methoxy groups -OCH3 is 3. The van der Waals surface area contributed by atoms with E-state index in [9.17, 15) is 48.9 Å². The number of nitrogens with zero attached hydrogens (tertiary/aromatic N) is 11. The molecule has 0 saturated heterocycles. The number of hydrogen-bond acceptors (Lipinski definition) is 16. The molecule has 0 saturated carbocycles. The van der Waals surface area contributed by atoms with E-state index < -0.39 is 26.4 Å². The van der Waals surface area contributed by atoms with Gasteiger partial charge in [0, 0.05) is 119 Å². The lowest BCUT2D eigenvalue weighted by molar-refractivity contribution is -0.672. The summed E-state index contributed by atoms with van der Waals surface area (Å²) in [5, 5.41) is 21.1. The van der Waals surface area contributed by atoms with Crippen molar-refractivity contribution in [1.29, 1.82) is 5.39 Å². The molecule has 0 radical (unpaired) electrons. The average molecular weight is 1200 g/mol. The number of hydrazone groups is 1. The van der Waals surface area contributed by atoms with E-state index in [4.69, 9.17) is 14.9 Å². The molecule has 18 nitrogen and oxygen atoms in total. The number of hydrogen-bond donors (Lipinski definition) is 1. The number of aromatic nitrogens is 1. The van der Waals surface area contributed by atoms with Gasteiger partial charge in [-0.25, -0.2) is 14.4 Å². The number of ether oxygens (including phenoxy) is 3. The number of pyridine rings is 1. The fourth-order valence-electron chi connectivity index (χ4n) is 7.20. The van der Waals surface area contributed by atoms with Gasteiger partial charge in [0.25, 0.3) is 0 Å². The van der Waals surface area contributed by atoms with Crippen molar-refractivity contribution in [2.24, 2.45) is 22.4 Å². The molecule has 3 aromatic carbocycles. The molecule has 0 fully saturated rings. The summed E-state index contributed by atoms with van der Waals surface area (Å²) in [6, 6.07) is 28.8. The molecule has 0 bridgehead atoms. The second-order valence-corrected chi connectivity index (χ2v) is 17.1. The maximum Gasteiger partial charge on any atom is 0.673 e. The predicted molar refractivity (Wildman–Crippen MR) is 321 cm³/mol. The molecule has 6 rings (SSSR count). The van der Waals surface area contributed by atoms with E-state index in [2.05, 4.69) is 86.7 Å². The average Bonchev–Trinajstić information content (AvgIpc) is 3.66. The van der Waals surface area contributed by atoms with Crippen LogP contribution in [0.25, 0.3) is 4.98 Å². The van der Waals surface area contributed by atoms with Gasteiger partial charge in [0.2, 0.25) is 16.8 Å². The van der Waals surface area contributed by atoms with Crippen LogP contribution in [0.3, 0.4) is 0 Å². The molecular weight excluding hydrogens is 1120 g/mol. The van der Waals surface area contributed by atoms with Gasteiger partial charge in [-0.05, 0) is 133 Å². The summed E-state index contributed by atoms with van der Waals surface area (Å²) in [5.41, 5.74) is 11.0. The fourth-order valence-corrected chi connectivity index (χ4v) is 7.20. The number of nitrogens with one attached hydrogen (secondary N) is 1. The first-order valence-electron chi connectivity index (χ1n) is 26.5. The highest BCUT2D eigenvalue weighted by molar-refractivity contribution is 6.50. The third-order valence-electron chi connectivity index (χ3n) is 11.5. The smallest absolute Gasteiger partial charge is 0.466 e. The van der Waals surface area contributed by atoms with Crippen molar-refractivity contribution in [1.82, 2.24) is 9.80 Å². The van der Waals surface area contributed by atoms with Gasteiger partial charge in [0.1, 0.15) is 7.05 Å². The number of halogens is 8. The van der Waals surface area contributed by atoms with Crippen LogP contribution >= 0.6 is 0 Å². The number of rotatable bonds is 17. The number of esters is 3. The summed E-state index contributed by atoms with van der Waals surface area (Å²) in [5.74, 6) is -1.35. The number of aryl methyl sites for hydroxylation is 1. The third-order valence-corrected chi connectivity index (χ3v) is 11.5. The SMILES string of the molecule is CCN(CC)c1ccc(N/N=C(\C(=O)OC)c2cccc[n+]2C)cc1.CCN(CC)c1ccc(N=N/C(C(=O)OC)=C2/C=CC=CN2C)cc1.CCN(CC)c1ccc([N+]#N)cc1.COC(=O)/C=C1\C=CC=CN1C.F[B-](F)(F)F.F[B-](F)(F)F. The quantitative estimate of drug-likeness (QED) is 0.0101. The lowest BCUT2D eigenvalue weighted by Crippen LogP contribution is -2.38. The van der Waals surface area contributed by atoms with Gasteiger partial charge < -0.3 is 73.2 Å². The number of benzene rings is 3. The molecule has 0 amide bonds. The first-order chi connectivity index (χ1) is 40.2. The summed E-state index contributed by atoms with van der Waals surface area (Å²) in [6.45, 7) is 18.5. The largest absolute Gasteiger partial charge is 0.673 e. The monoisotopic (exact) mass is 1200 g/mol. The molecule has 4 aromatic rings. The number of allylic oxidation sites excluding steroid dienone is 6. The molecule has 2 aliphatic heterocycles. The standard InChI is InChI=1S/2C19H24N4O2.C10H14N3.C9H11NO2.2BF4/c2*1-5-23(6-2)16-12-10-15(11-13-16)20-21-18(19(24)25-4)17-9-7-8-14-22(17)3;1-3-13(4-2)10-7-5-9(12-11)6-8-10;1-10-6-4-3-5-8(10)7-9(11)12-2;2*2-1(3,4)5/h2*7-14H,5-6H2,1-4H3;5-8H,3-4H2,1-2H3;3-7H,1-2H3;;/q;;+1;;2*-1/p+1/b18-17-,21-20?;;;8-7+;;. The molecule has 85 heavy (non-hydrogen) atoms. The highest BCUT2D eigenvalue weighted by Gasteiger charge is 2.24. The molecule has 0 unspecified atom stereocenters. The maximum absolute atomic E-state index is 12.1. The molecule has 0 aliphatic carbocycles. The highest BCUT2D eigenvalue weighted by atomic mass is 19.5. The van der Waals surface area contributed by atoms with Crippen LogP contribution in [0.1, 0.15) is 47.2 Å². The first kappa shape index (κ1) is 73.7. The Morgan fingerprint density at radius 2 is 1.07 bits per heavy atom. The van der Waals surface area contributed by atoms with E-state index in [1.165, 1.54) is 27.4 Å². The maximum atomic E-state index is 12.1. The van der Waals surface area contributed by atoms with Crippen LogP contribution in [0.2, 0.25) is 0 Å². The van der Waals surface area contributed by atoms with Gasteiger partial charge in [-0.3, -0.25) is 5.43 Å². The highest BCUT2D eigenvalue weighted by Crippen LogP contribution is 2.24. The van der Waals surface area contributed by atoms with Crippen LogP contribution in [-0.4, -0.2) is 123 Å². The van der Waals surface area contributed by atoms with Crippen molar-refractivity contribution in [2.75, 3.05) is 94.8 Å². The van der Waals surface area contributed by atoms with Crippen LogP contribution in [0.4, 0.5) is 68.6 Å². The van der Waals surface area contributed by atoms with Crippen molar-refractivity contribution in [3.05, 3.63) is 180 Å². The zero-order valence-electron chi connectivity index (χ0n) is 49.7. The molecule has 3 heterocycles. The predicted octanol–water partition coefficient (Wildman–Crippen LogP) is 13.0. The zero-order chi connectivity index (χ0) is 64.1. The second kappa shape index (κ2) is 39.2. The lowest BCUT2D eigenvalue weighted by Gasteiger charge is -2.21. The normalized spacial score (nSPS) is 13.3. The summed E-state index contributed by atoms with van der Waals surface area (Å²) in [7, 11) is -2.39. The fraction of sp³-hybridized carbons (Fsp3) is 0.316. The number of azo groups is 1. The number of likely N-dealkylation sites (N-methyl/N-ethyl adjacent to an activating group) is 2. The van der Waals surface area contributed by atoms with Gasteiger partial charge in [-0.2, -0.15) is 14.8 Å². The van der Waals surface area contributed by atoms with Crippen molar-refractivity contribution in [3.63, 3.8) is 0 Å². The van der Waals surface area contributed by atoms with Gasteiger partial charge in [0.05, 0.1) is 38.4 Å². The summed E-state index contributed by atoms with van der Waals surface area (Å²) in [6.07, 6.45) is 18.1. The Morgan fingerprint density at radius 3 is 1.48 bits per heavy atom. The molecule has 0 spiro atoms. The van der Waals surface area contributed by atoms with E-state index >= 15 is 0 Å². The summed E-state index contributed by atoms with van der Waals surface area (Å²) >= 11 is 0. The van der Waals surface area contributed by atoms with E-state index in [0.717, 1.165) is 67.7 Å². The Kier molecular flexibility index (Phi) is 34.0. The van der Waals surface area contributed by atoms with Crippen LogP contribution in [0, 0.1) is 5.39 Å². The molecule has 28 heteroatoms. The molecule has 1 N–H and O–H groups in total. The lowest BCUT2D eigenvalue weighted by atomic mass is 10.2. The van der Waals surface area contributed by atoms with E-state index in [0.29, 0.717) is 22.8 Å². The molecule has 1 aromatic heterocycles. The molecule has 460 valence electrons. The van der Waals surface area contributed by atoms with Crippen LogP contribution < -0.4 is 24.7 Å². The Hall–Kier alpha value is -9.28. The second-order valence-electron chi connectivity index (χ2n) is 17.1. The van der Waals surface area contributed by atoms with E-state index in [-0.39, 0.29) is 17.4 Å². The topological polar surface area (TPSA) is 176 Å². The Bertz CT molecular complexity index is 2950. The minimum absolute atomic E-state index is 0.165. The Labute approximate surface area is 492 Å². The summed E-state index contributed by atoms with van der Waals surface area (Å²) < 4.78 is 94.0. The number of carbonyl (C=O) groups excluding carboxylic acids is 3. The van der Waals surface area contributed by atoms with E-state index in [1.807, 2.05) is 158 Å². The van der Waals surface area contributed by atoms with Gasteiger partial charge in [0.15, 0.2) is 16.9 Å². The van der Waals surface area contributed by atoms with Crippen molar-refractivity contribution >= 4 is 72.3 Å². The zero-order valence-corrected chi connectivity index (χ0v) is 49.7. The van der Waals surface area contributed by atoms with E-state index in [1.54, 1.807) is 23.1 Å². The Morgan fingerprint density at radius 1 is 0.624 bits per heavy atom. The summed E-state index contributed by atoms with van der Waals surface area (Å²) in [4.78, 5) is 48.5. The number of anilines is 4. The molecular formula is C57H74B2F8N12O6.